The van der Waals surface area contributed by atoms with Gasteiger partial charge in [-0.25, -0.2) is 4.79 Å². The summed E-state index contributed by atoms with van der Waals surface area (Å²) in [6, 6.07) is 0. The maximum absolute atomic E-state index is 12.9. The second kappa shape index (κ2) is 6.73. The van der Waals surface area contributed by atoms with Crippen molar-refractivity contribution in [2.75, 3.05) is 13.7 Å². The molecule has 0 amide bonds. The van der Waals surface area contributed by atoms with Crippen molar-refractivity contribution in [3.63, 3.8) is 0 Å². The van der Waals surface area contributed by atoms with Gasteiger partial charge in [0.25, 0.3) is 0 Å². The van der Waals surface area contributed by atoms with Gasteiger partial charge in [0.2, 0.25) is 0 Å². The van der Waals surface area contributed by atoms with Crippen LogP contribution in [0.25, 0.3) is 0 Å². The monoisotopic (exact) mass is 277 g/mol. The van der Waals surface area contributed by atoms with Crippen molar-refractivity contribution in [2.45, 2.75) is 38.8 Å². The molecule has 0 radical (unpaired) electrons. The highest BCUT2D eigenvalue weighted by Gasteiger charge is 2.41. The Morgan fingerprint density at radius 1 is 1.53 bits per heavy atom. The third kappa shape index (κ3) is 4.36. The molecule has 0 aliphatic carbocycles. The zero-order valence-electron chi connectivity index (χ0n) is 11.1. The van der Waals surface area contributed by atoms with Crippen LogP contribution in [0.3, 0.4) is 0 Å². The molecule has 0 aromatic heterocycles. The number of esters is 1. The lowest BCUT2D eigenvalue weighted by Gasteiger charge is -2.13. The number of nitrogens with zero attached hydrogens (tertiary/aromatic N) is 1. The number of unbranched alkanes of at least 4 members (excludes halogenated alkanes) is 1. The van der Waals surface area contributed by atoms with Crippen molar-refractivity contribution in [1.82, 2.24) is 0 Å². The third-order valence-corrected chi connectivity index (χ3v) is 3.03. The Morgan fingerprint density at radius 3 is 2.74 bits per heavy atom. The fourth-order valence-corrected chi connectivity index (χ4v) is 2.04. The van der Waals surface area contributed by atoms with Gasteiger partial charge in [-0.2, -0.15) is 13.2 Å². The molecule has 1 atom stereocenters. The lowest BCUT2D eigenvalue weighted by atomic mass is 9.95. The molecule has 19 heavy (non-hydrogen) atoms. The van der Waals surface area contributed by atoms with Gasteiger partial charge in [-0.15, -0.1) is 0 Å². The van der Waals surface area contributed by atoms with Crippen LogP contribution in [0, 0.1) is 5.92 Å². The summed E-state index contributed by atoms with van der Waals surface area (Å²) in [4.78, 5) is 15.1. The van der Waals surface area contributed by atoms with E-state index in [-0.39, 0.29) is 12.5 Å². The first-order valence-corrected chi connectivity index (χ1v) is 6.32. The lowest BCUT2D eigenvalue weighted by Crippen LogP contribution is -2.29. The number of carbonyl (C=O) groups excluding carboxylic acids is 1. The smallest absolute Gasteiger partial charge is 0.433 e. The van der Waals surface area contributed by atoms with E-state index >= 15 is 0 Å². The molecular formula is C13H18F3NO2. The van der Waals surface area contributed by atoms with E-state index in [9.17, 15) is 18.0 Å². The summed E-state index contributed by atoms with van der Waals surface area (Å²) in [5, 5.41) is 0. The SMILES string of the molecule is CCCCC1C=C(C(=O)OC)C(C(F)(F)F)=NCC1. The number of hydrogen-bond donors (Lipinski definition) is 0. The molecule has 6 heteroatoms. The molecule has 1 heterocycles. The summed E-state index contributed by atoms with van der Waals surface area (Å²) in [5.74, 6) is -1.03. The van der Waals surface area contributed by atoms with Crippen molar-refractivity contribution in [3.05, 3.63) is 11.6 Å². The molecule has 0 aromatic carbocycles. The van der Waals surface area contributed by atoms with Gasteiger partial charge in [0, 0.05) is 6.54 Å². The van der Waals surface area contributed by atoms with Gasteiger partial charge < -0.3 is 4.74 Å². The molecule has 3 nitrogen and oxygen atoms in total. The van der Waals surface area contributed by atoms with E-state index in [1.807, 2.05) is 6.92 Å². The number of aliphatic imine (C=N–C) groups is 1. The minimum atomic E-state index is -4.63. The van der Waals surface area contributed by atoms with Gasteiger partial charge >= 0.3 is 12.1 Å². The normalized spacial score (nSPS) is 20.4. The Labute approximate surface area is 110 Å². The molecule has 0 saturated heterocycles. The van der Waals surface area contributed by atoms with E-state index < -0.39 is 23.4 Å². The van der Waals surface area contributed by atoms with E-state index in [4.69, 9.17) is 0 Å². The van der Waals surface area contributed by atoms with Crippen molar-refractivity contribution >= 4 is 11.7 Å². The number of methoxy groups -OCH3 is 1. The first kappa shape index (κ1) is 15.7. The zero-order chi connectivity index (χ0) is 14.5. The van der Waals surface area contributed by atoms with E-state index in [0.717, 1.165) is 26.4 Å². The first-order chi connectivity index (χ1) is 8.90. The topological polar surface area (TPSA) is 38.7 Å². The molecule has 1 aliphatic heterocycles. The molecule has 0 fully saturated rings. The molecule has 0 aromatic rings. The van der Waals surface area contributed by atoms with Gasteiger partial charge in [-0.3, -0.25) is 4.99 Å². The molecule has 1 unspecified atom stereocenters. The number of allylic oxidation sites excluding steroid dienone is 1. The summed E-state index contributed by atoms with van der Waals surface area (Å²) >= 11 is 0. The maximum Gasteiger partial charge on any atom is 0.433 e. The van der Waals surface area contributed by atoms with Crippen LogP contribution >= 0.6 is 0 Å². The highest BCUT2D eigenvalue weighted by Crippen LogP contribution is 2.28. The molecule has 0 bridgehead atoms. The van der Waals surface area contributed by atoms with Crippen LogP contribution < -0.4 is 0 Å². The number of halogens is 3. The summed E-state index contributed by atoms with van der Waals surface area (Å²) < 4.78 is 43.0. The van der Waals surface area contributed by atoms with Gasteiger partial charge in [0.1, 0.15) is 0 Å². The average Bonchev–Trinajstić information content (AvgIpc) is 2.57. The molecule has 1 aliphatic rings. The van der Waals surface area contributed by atoms with Crippen LogP contribution in [0.5, 0.6) is 0 Å². The van der Waals surface area contributed by atoms with Crippen LogP contribution in [-0.4, -0.2) is 31.5 Å². The molecule has 0 saturated carbocycles. The highest BCUT2D eigenvalue weighted by molar-refractivity contribution is 6.22. The maximum atomic E-state index is 12.9. The second-order valence-corrected chi connectivity index (χ2v) is 4.49. The van der Waals surface area contributed by atoms with E-state index in [1.54, 1.807) is 0 Å². The van der Waals surface area contributed by atoms with Crippen molar-refractivity contribution in [3.8, 4) is 0 Å². The van der Waals surface area contributed by atoms with E-state index in [1.165, 1.54) is 6.08 Å². The predicted molar refractivity (Wildman–Crippen MR) is 66.1 cm³/mol. The minimum absolute atomic E-state index is 0.0577. The number of alkyl halides is 3. The minimum Gasteiger partial charge on any atom is -0.465 e. The van der Waals surface area contributed by atoms with E-state index in [2.05, 4.69) is 9.73 Å². The number of ether oxygens (including phenoxy) is 1. The summed E-state index contributed by atoms with van der Waals surface area (Å²) in [6.07, 6.45) is -0.0833. The Morgan fingerprint density at radius 2 is 2.21 bits per heavy atom. The van der Waals surface area contributed by atoms with E-state index in [0.29, 0.717) is 6.42 Å². The number of carbonyl (C=O) groups is 1. The van der Waals surface area contributed by atoms with Crippen LogP contribution in [0.2, 0.25) is 0 Å². The van der Waals surface area contributed by atoms with Crippen LogP contribution in [0.15, 0.2) is 16.6 Å². The Balaban J connectivity index is 3.04. The number of rotatable bonds is 4. The van der Waals surface area contributed by atoms with Crippen molar-refractivity contribution in [1.29, 1.82) is 0 Å². The third-order valence-electron chi connectivity index (χ3n) is 3.03. The summed E-state index contributed by atoms with van der Waals surface area (Å²) in [6.45, 7) is 2.10. The molecule has 0 spiro atoms. The standard InChI is InChI=1S/C13H18F3NO2/c1-3-4-5-9-6-7-17-11(13(14,15)16)10(8-9)12(18)19-2/h8-9H,3-7H2,1-2H3. The second-order valence-electron chi connectivity index (χ2n) is 4.49. The Hall–Kier alpha value is -1.33. The highest BCUT2D eigenvalue weighted by atomic mass is 19.4. The Kier molecular flexibility index (Phi) is 5.57. The fourth-order valence-electron chi connectivity index (χ4n) is 2.04. The van der Waals surface area contributed by atoms with Crippen LogP contribution in [-0.2, 0) is 9.53 Å². The summed E-state index contributed by atoms with van der Waals surface area (Å²) in [7, 11) is 1.07. The lowest BCUT2D eigenvalue weighted by molar-refractivity contribution is -0.136. The zero-order valence-corrected chi connectivity index (χ0v) is 11.1. The Bertz CT molecular complexity index is 386. The summed E-state index contributed by atoms with van der Waals surface area (Å²) in [5.41, 5.74) is -1.56. The molecule has 108 valence electrons. The fraction of sp³-hybridized carbons (Fsp3) is 0.692. The van der Waals surface area contributed by atoms with Gasteiger partial charge in [-0.05, 0) is 18.8 Å². The van der Waals surface area contributed by atoms with Crippen molar-refractivity contribution < 1.29 is 22.7 Å². The van der Waals surface area contributed by atoms with Gasteiger partial charge in [0.15, 0.2) is 5.71 Å². The quantitative estimate of drug-likeness (QED) is 0.739. The molecular weight excluding hydrogens is 259 g/mol. The average molecular weight is 277 g/mol. The first-order valence-electron chi connectivity index (χ1n) is 6.32. The van der Waals surface area contributed by atoms with Crippen molar-refractivity contribution in [2.24, 2.45) is 10.9 Å². The largest absolute Gasteiger partial charge is 0.465 e. The number of hydrogen-bond acceptors (Lipinski definition) is 3. The van der Waals surface area contributed by atoms with Crippen LogP contribution in [0.1, 0.15) is 32.6 Å². The molecule has 1 rings (SSSR count). The van der Waals surface area contributed by atoms with Crippen LogP contribution in [0.4, 0.5) is 13.2 Å². The van der Waals surface area contributed by atoms with Gasteiger partial charge in [0.05, 0.1) is 12.7 Å². The van der Waals surface area contributed by atoms with Gasteiger partial charge in [-0.1, -0.05) is 25.8 Å². The molecule has 0 N–H and O–H groups in total. The predicted octanol–water partition coefficient (Wildman–Crippen LogP) is 3.30.